The van der Waals surface area contributed by atoms with Crippen molar-refractivity contribution >= 4 is 33.5 Å². The van der Waals surface area contributed by atoms with Crippen molar-refractivity contribution in [1.82, 2.24) is 9.55 Å². The molecule has 29 heavy (non-hydrogen) atoms. The van der Waals surface area contributed by atoms with Crippen molar-refractivity contribution in [2.45, 2.75) is 66.0 Å². The number of rotatable bonds is 6. The molecule has 2 heterocycles. The molecule has 8 heteroatoms. The van der Waals surface area contributed by atoms with Crippen LogP contribution in [0.2, 0.25) is 0 Å². The van der Waals surface area contributed by atoms with Crippen LogP contribution in [0.25, 0.3) is 10.2 Å². The lowest BCUT2D eigenvalue weighted by atomic mass is 9.89. The van der Waals surface area contributed by atoms with Gasteiger partial charge in [0.05, 0.1) is 18.3 Å². The minimum atomic E-state index is -0.448. The van der Waals surface area contributed by atoms with Gasteiger partial charge >= 0.3 is 11.9 Å². The number of esters is 2. The fourth-order valence-electron chi connectivity index (χ4n) is 3.62. The molecular weight excluding hydrogens is 392 g/mol. The van der Waals surface area contributed by atoms with Gasteiger partial charge in [-0.15, -0.1) is 11.3 Å². The standard InChI is InChI=1S/C21H28N2O5S/c1-12(2)10-27-21(26)18-14(4)17-19(29-18)22-11-23(20(17)25)9-16(24)28-15-7-5-6-13(3)8-15/h11-13,15H,5-10H2,1-4H3/t13-,15+/m0/s1. The minimum absolute atomic E-state index is 0.0798. The molecule has 158 valence electrons. The second-order valence-electron chi connectivity index (χ2n) is 8.29. The lowest BCUT2D eigenvalue weighted by molar-refractivity contribution is -0.152. The van der Waals surface area contributed by atoms with Crippen LogP contribution in [0, 0.1) is 18.8 Å². The molecule has 0 radical (unpaired) electrons. The van der Waals surface area contributed by atoms with Crippen LogP contribution in [0.1, 0.15) is 61.7 Å². The Morgan fingerprint density at radius 3 is 2.79 bits per heavy atom. The largest absolute Gasteiger partial charge is 0.461 e. The van der Waals surface area contributed by atoms with Crippen molar-refractivity contribution in [3.05, 3.63) is 27.1 Å². The summed E-state index contributed by atoms with van der Waals surface area (Å²) in [6.45, 7) is 7.91. The molecule has 1 fully saturated rings. The highest BCUT2D eigenvalue weighted by Crippen LogP contribution is 2.28. The number of nitrogens with zero attached hydrogens (tertiary/aromatic N) is 2. The molecule has 0 amide bonds. The van der Waals surface area contributed by atoms with E-state index in [1.807, 2.05) is 13.8 Å². The first kappa shape index (κ1) is 21.5. The SMILES string of the molecule is Cc1c(C(=O)OCC(C)C)sc2ncn(CC(=O)O[C@@H]3CCC[C@H](C)C3)c(=O)c12. The molecule has 2 aromatic heterocycles. The van der Waals surface area contributed by atoms with Crippen LogP contribution in [0.15, 0.2) is 11.1 Å². The molecule has 0 aliphatic heterocycles. The van der Waals surface area contributed by atoms with Crippen LogP contribution in [0.5, 0.6) is 0 Å². The lowest BCUT2D eigenvalue weighted by Gasteiger charge is -2.26. The van der Waals surface area contributed by atoms with E-state index in [0.717, 1.165) is 37.0 Å². The van der Waals surface area contributed by atoms with Gasteiger partial charge in [0.1, 0.15) is 22.4 Å². The van der Waals surface area contributed by atoms with Crippen molar-refractivity contribution in [3.8, 4) is 0 Å². The molecule has 0 bridgehead atoms. The summed E-state index contributed by atoms with van der Waals surface area (Å²) in [5, 5.41) is 0.355. The summed E-state index contributed by atoms with van der Waals surface area (Å²) in [5.41, 5.74) is 0.195. The summed E-state index contributed by atoms with van der Waals surface area (Å²) in [5.74, 6) is -0.112. The third-order valence-corrected chi connectivity index (χ3v) is 6.32. The first-order valence-corrected chi connectivity index (χ1v) is 10.9. The van der Waals surface area contributed by atoms with Crippen molar-refractivity contribution in [2.75, 3.05) is 6.61 Å². The Morgan fingerprint density at radius 2 is 2.10 bits per heavy atom. The second-order valence-corrected chi connectivity index (χ2v) is 9.29. The second kappa shape index (κ2) is 9.07. The van der Waals surface area contributed by atoms with E-state index in [4.69, 9.17) is 9.47 Å². The number of hydrogen-bond acceptors (Lipinski definition) is 7. The normalized spacial score (nSPS) is 19.5. The first-order chi connectivity index (χ1) is 13.8. The molecule has 3 rings (SSSR count). The van der Waals surface area contributed by atoms with Gasteiger partial charge in [-0.1, -0.05) is 27.2 Å². The average molecular weight is 421 g/mol. The topological polar surface area (TPSA) is 87.5 Å². The average Bonchev–Trinajstić information content (AvgIpc) is 2.99. The highest BCUT2D eigenvalue weighted by Gasteiger charge is 2.24. The Labute approximate surface area is 174 Å². The Bertz CT molecular complexity index is 962. The van der Waals surface area contributed by atoms with Gasteiger partial charge in [0, 0.05) is 0 Å². The molecule has 0 saturated heterocycles. The molecule has 2 atom stereocenters. The molecule has 1 saturated carbocycles. The van der Waals surface area contributed by atoms with E-state index >= 15 is 0 Å². The third kappa shape index (κ3) is 5.04. The van der Waals surface area contributed by atoms with Gasteiger partial charge < -0.3 is 9.47 Å². The van der Waals surface area contributed by atoms with Crippen LogP contribution < -0.4 is 5.56 Å². The number of carbonyl (C=O) groups excluding carboxylic acids is 2. The summed E-state index contributed by atoms with van der Waals surface area (Å²) in [6.07, 6.45) is 5.21. The van der Waals surface area contributed by atoms with Gasteiger partial charge in [0.2, 0.25) is 0 Å². The number of aromatic nitrogens is 2. The van der Waals surface area contributed by atoms with E-state index in [2.05, 4.69) is 11.9 Å². The Morgan fingerprint density at radius 1 is 1.34 bits per heavy atom. The van der Waals surface area contributed by atoms with E-state index in [1.54, 1.807) is 6.92 Å². The fourth-order valence-corrected chi connectivity index (χ4v) is 4.66. The van der Waals surface area contributed by atoms with E-state index in [0.29, 0.717) is 33.2 Å². The van der Waals surface area contributed by atoms with Gasteiger partial charge in [-0.25, -0.2) is 9.78 Å². The van der Waals surface area contributed by atoms with E-state index in [1.165, 1.54) is 10.9 Å². The van der Waals surface area contributed by atoms with E-state index in [-0.39, 0.29) is 24.1 Å². The lowest BCUT2D eigenvalue weighted by Crippen LogP contribution is -2.30. The summed E-state index contributed by atoms with van der Waals surface area (Å²) >= 11 is 1.14. The van der Waals surface area contributed by atoms with Crippen LogP contribution in [0.4, 0.5) is 0 Å². The zero-order valence-electron chi connectivity index (χ0n) is 17.4. The third-order valence-electron chi connectivity index (χ3n) is 5.14. The van der Waals surface area contributed by atoms with Gasteiger partial charge in [-0.2, -0.15) is 0 Å². The van der Waals surface area contributed by atoms with Crippen molar-refractivity contribution < 1.29 is 19.1 Å². The molecule has 7 nitrogen and oxygen atoms in total. The maximum absolute atomic E-state index is 12.9. The van der Waals surface area contributed by atoms with Crippen LogP contribution >= 0.6 is 11.3 Å². The zero-order valence-corrected chi connectivity index (χ0v) is 18.2. The first-order valence-electron chi connectivity index (χ1n) is 10.1. The van der Waals surface area contributed by atoms with Gasteiger partial charge in [-0.05, 0) is 43.6 Å². The number of hydrogen-bond donors (Lipinski definition) is 0. The van der Waals surface area contributed by atoms with Gasteiger partial charge in [0.25, 0.3) is 5.56 Å². The summed E-state index contributed by atoms with van der Waals surface area (Å²) in [6, 6.07) is 0. The molecule has 0 N–H and O–H groups in total. The predicted octanol–water partition coefficient (Wildman–Crippen LogP) is 3.70. The fraction of sp³-hybridized carbons (Fsp3) is 0.619. The Balaban J connectivity index is 1.77. The molecule has 2 aromatic rings. The highest BCUT2D eigenvalue weighted by atomic mass is 32.1. The molecule has 1 aliphatic carbocycles. The van der Waals surface area contributed by atoms with Crippen molar-refractivity contribution in [1.29, 1.82) is 0 Å². The predicted molar refractivity (Wildman–Crippen MR) is 111 cm³/mol. The number of aryl methyl sites for hydroxylation is 1. The smallest absolute Gasteiger partial charge is 0.348 e. The Kier molecular flexibility index (Phi) is 6.72. The monoisotopic (exact) mass is 420 g/mol. The highest BCUT2D eigenvalue weighted by molar-refractivity contribution is 7.20. The van der Waals surface area contributed by atoms with E-state index < -0.39 is 11.9 Å². The molecule has 0 aromatic carbocycles. The van der Waals surface area contributed by atoms with Gasteiger partial charge in [-0.3, -0.25) is 14.2 Å². The molecule has 1 aliphatic rings. The maximum Gasteiger partial charge on any atom is 0.348 e. The van der Waals surface area contributed by atoms with Crippen molar-refractivity contribution in [3.63, 3.8) is 0 Å². The number of fused-ring (bicyclic) bond motifs is 1. The van der Waals surface area contributed by atoms with Crippen molar-refractivity contribution in [2.24, 2.45) is 11.8 Å². The quantitative estimate of drug-likeness (QED) is 0.662. The summed E-state index contributed by atoms with van der Waals surface area (Å²) in [7, 11) is 0. The van der Waals surface area contributed by atoms with Crippen LogP contribution in [-0.4, -0.2) is 34.2 Å². The van der Waals surface area contributed by atoms with Gasteiger partial charge in [0.15, 0.2) is 0 Å². The van der Waals surface area contributed by atoms with Crippen LogP contribution in [0.3, 0.4) is 0 Å². The number of carbonyl (C=O) groups is 2. The molecule has 0 spiro atoms. The summed E-state index contributed by atoms with van der Waals surface area (Å²) < 4.78 is 12.1. The summed E-state index contributed by atoms with van der Waals surface area (Å²) in [4.78, 5) is 42.7. The minimum Gasteiger partial charge on any atom is -0.461 e. The molecule has 0 unspecified atom stereocenters. The zero-order chi connectivity index (χ0) is 21.1. The number of ether oxygens (including phenoxy) is 2. The Hall–Kier alpha value is -2.22. The van der Waals surface area contributed by atoms with Crippen LogP contribution in [-0.2, 0) is 20.8 Å². The maximum atomic E-state index is 12.9. The van der Waals surface area contributed by atoms with E-state index in [9.17, 15) is 14.4 Å². The number of thiophene rings is 1. The molecular formula is C21H28N2O5S.